The number of nitrogens with one attached hydrogen (secondary N) is 1. The first-order valence-corrected chi connectivity index (χ1v) is 5.79. The monoisotopic (exact) mass is 251 g/mol. The minimum Gasteiger partial charge on any atom is -0.478 e. The van der Waals surface area contributed by atoms with Crippen molar-refractivity contribution in [3.63, 3.8) is 0 Å². The summed E-state index contributed by atoms with van der Waals surface area (Å²) in [6, 6.07) is 4.88. The third-order valence-corrected chi connectivity index (χ3v) is 3.24. The van der Waals surface area contributed by atoms with E-state index in [2.05, 4.69) is 24.1 Å². The number of para-hydroxylation sites is 1. The molecule has 0 unspecified atom stereocenters. The van der Waals surface area contributed by atoms with Crippen molar-refractivity contribution in [1.82, 2.24) is 4.90 Å². The van der Waals surface area contributed by atoms with Crippen LogP contribution in [0.3, 0.4) is 0 Å². The van der Waals surface area contributed by atoms with Gasteiger partial charge in [0.2, 0.25) is 0 Å². The predicted molar refractivity (Wildman–Crippen MR) is 74.1 cm³/mol. The molecule has 0 saturated carbocycles. The second-order valence-corrected chi connectivity index (χ2v) is 5.14. The first-order chi connectivity index (χ1) is 8.25. The number of carboxylic acids is 1. The van der Waals surface area contributed by atoms with Gasteiger partial charge in [0.05, 0.1) is 16.9 Å². The third-order valence-electron chi connectivity index (χ3n) is 3.24. The largest absolute Gasteiger partial charge is 0.478 e. The van der Waals surface area contributed by atoms with Crippen molar-refractivity contribution in [3.8, 4) is 0 Å². The maximum absolute atomic E-state index is 11.1. The van der Waals surface area contributed by atoms with Crippen molar-refractivity contribution in [1.29, 1.82) is 0 Å². The lowest BCUT2D eigenvalue weighted by Crippen LogP contribution is -2.44. The molecule has 0 amide bonds. The van der Waals surface area contributed by atoms with Gasteiger partial charge in [-0.2, -0.15) is 0 Å². The van der Waals surface area contributed by atoms with Gasteiger partial charge in [0.1, 0.15) is 0 Å². The van der Waals surface area contributed by atoms with Gasteiger partial charge in [-0.05, 0) is 40.1 Å². The number of carboxylic acid groups (broad SMARTS) is 1. The summed E-state index contributed by atoms with van der Waals surface area (Å²) in [5.41, 5.74) is 6.86. The van der Waals surface area contributed by atoms with Crippen LogP contribution in [0.4, 0.5) is 11.4 Å². The van der Waals surface area contributed by atoms with Crippen LogP contribution in [0.25, 0.3) is 0 Å². The molecule has 4 N–H and O–H groups in total. The Hall–Kier alpha value is -1.75. The highest BCUT2D eigenvalue weighted by atomic mass is 16.4. The number of carbonyl (C=O) groups is 1. The first kappa shape index (κ1) is 14.3. The molecule has 1 aromatic rings. The fraction of sp³-hybridized carbons (Fsp3) is 0.462. The number of hydrogen-bond acceptors (Lipinski definition) is 4. The lowest BCUT2D eigenvalue weighted by Gasteiger charge is -2.33. The van der Waals surface area contributed by atoms with Crippen LogP contribution in [0.5, 0.6) is 0 Å². The smallest absolute Gasteiger partial charge is 0.337 e. The Labute approximate surface area is 108 Å². The Morgan fingerprint density at radius 2 is 2.06 bits per heavy atom. The molecular formula is C13H21N3O2. The maximum Gasteiger partial charge on any atom is 0.337 e. The van der Waals surface area contributed by atoms with Crippen molar-refractivity contribution in [2.24, 2.45) is 0 Å². The molecule has 1 rings (SSSR count). The summed E-state index contributed by atoms with van der Waals surface area (Å²) in [6.45, 7) is 4.74. The van der Waals surface area contributed by atoms with Gasteiger partial charge >= 0.3 is 5.97 Å². The maximum atomic E-state index is 11.1. The summed E-state index contributed by atoms with van der Waals surface area (Å²) in [5, 5.41) is 12.3. The molecule has 0 heterocycles. The van der Waals surface area contributed by atoms with Crippen molar-refractivity contribution in [2.45, 2.75) is 19.4 Å². The van der Waals surface area contributed by atoms with E-state index in [1.165, 1.54) is 0 Å². The summed E-state index contributed by atoms with van der Waals surface area (Å²) in [5.74, 6) is -0.979. The molecule has 5 heteroatoms. The number of aromatic carboxylic acids is 1. The minimum absolute atomic E-state index is 0.0992. The van der Waals surface area contributed by atoms with E-state index in [-0.39, 0.29) is 11.1 Å². The molecule has 0 aromatic heterocycles. The topological polar surface area (TPSA) is 78.6 Å². The quantitative estimate of drug-likeness (QED) is 0.694. The molecular weight excluding hydrogens is 230 g/mol. The summed E-state index contributed by atoms with van der Waals surface area (Å²) in [6.07, 6.45) is 0. The number of nitrogen functional groups attached to an aromatic ring is 1. The van der Waals surface area contributed by atoms with Crippen LogP contribution in [-0.2, 0) is 0 Å². The molecule has 100 valence electrons. The highest BCUT2D eigenvalue weighted by Gasteiger charge is 2.21. The highest BCUT2D eigenvalue weighted by Crippen LogP contribution is 2.24. The number of nitrogens with zero attached hydrogens (tertiary/aromatic N) is 1. The van der Waals surface area contributed by atoms with Gasteiger partial charge < -0.3 is 21.1 Å². The number of anilines is 2. The number of rotatable bonds is 5. The Balaban J connectivity index is 2.95. The molecule has 0 saturated heterocycles. The zero-order valence-corrected chi connectivity index (χ0v) is 11.3. The van der Waals surface area contributed by atoms with Crippen LogP contribution in [0.1, 0.15) is 24.2 Å². The molecule has 0 radical (unpaired) electrons. The lowest BCUT2D eigenvalue weighted by atomic mass is 10.0. The summed E-state index contributed by atoms with van der Waals surface area (Å²) >= 11 is 0. The van der Waals surface area contributed by atoms with Crippen molar-refractivity contribution in [2.75, 3.05) is 31.7 Å². The molecule has 18 heavy (non-hydrogen) atoms. The number of benzene rings is 1. The average Bonchev–Trinajstić information content (AvgIpc) is 2.26. The van der Waals surface area contributed by atoms with E-state index in [9.17, 15) is 4.79 Å². The standard InChI is InChI=1S/C13H21N3O2/c1-13(2,16(3)4)8-15-11-9(12(17)18)6-5-7-10(11)14/h5-7,15H,8,14H2,1-4H3,(H,17,18). The fourth-order valence-electron chi connectivity index (χ4n) is 1.41. The molecule has 0 spiro atoms. The molecule has 0 aliphatic carbocycles. The van der Waals surface area contributed by atoms with Crippen LogP contribution < -0.4 is 11.1 Å². The Bertz CT molecular complexity index is 442. The van der Waals surface area contributed by atoms with E-state index < -0.39 is 5.97 Å². The van der Waals surface area contributed by atoms with E-state index in [1.54, 1.807) is 18.2 Å². The Kier molecular flexibility index (Phi) is 4.19. The van der Waals surface area contributed by atoms with Gasteiger partial charge in [-0.15, -0.1) is 0 Å². The molecule has 0 aliphatic heterocycles. The number of hydrogen-bond donors (Lipinski definition) is 3. The minimum atomic E-state index is -0.979. The van der Waals surface area contributed by atoms with Gasteiger partial charge in [0.25, 0.3) is 0 Å². The van der Waals surface area contributed by atoms with E-state index in [0.29, 0.717) is 17.9 Å². The second-order valence-electron chi connectivity index (χ2n) is 5.14. The fourth-order valence-corrected chi connectivity index (χ4v) is 1.41. The van der Waals surface area contributed by atoms with E-state index in [4.69, 9.17) is 10.8 Å². The van der Waals surface area contributed by atoms with Crippen molar-refractivity contribution in [3.05, 3.63) is 23.8 Å². The number of nitrogens with two attached hydrogens (primary N) is 1. The Morgan fingerprint density at radius 3 is 2.56 bits per heavy atom. The molecule has 0 aliphatic rings. The average molecular weight is 251 g/mol. The predicted octanol–water partition coefficient (Wildman–Crippen LogP) is 1.72. The summed E-state index contributed by atoms with van der Waals surface area (Å²) in [4.78, 5) is 13.2. The SMILES string of the molecule is CN(C)C(C)(C)CNc1c(N)cccc1C(=O)O. The molecule has 0 atom stereocenters. The van der Waals surface area contributed by atoms with Crippen LogP contribution in [0.15, 0.2) is 18.2 Å². The first-order valence-electron chi connectivity index (χ1n) is 5.79. The highest BCUT2D eigenvalue weighted by molar-refractivity contribution is 5.97. The van der Waals surface area contributed by atoms with Gasteiger partial charge in [-0.1, -0.05) is 6.07 Å². The molecule has 1 aromatic carbocycles. The van der Waals surface area contributed by atoms with E-state index in [1.807, 2.05) is 14.1 Å². The van der Waals surface area contributed by atoms with Crippen LogP contribution in [0, 0.1) is 0 Å². The van der Waals surface area contributed by atoms with Gasteiger partial charge in [-0.25, -0.2) is 4.79 Å². The zero-order valence-electron chi connectivity index (χ0n) is 11.3. The number of likely N-dealkylation sites (N-methyl/N-ethyl adjacent to an activating group) is 1. The van der Waals surface area contributed by atoms with Crippen LogP contribution >= 0.6 is 0 Å². The van der Waals surface area contributed by atoms with Crippen molar-refractivity contribution >= 4 is 17.3 Å². The van der Waals surface area contributed by atoms with Gasteiger partial charge in [0, 0.05) is 12.1 Å². The normalized spacial score (nSPS) is 11.6. The molecule has 5 nitrogen and oxygen atoms in total. The lowest BCUT2D eigenvalue weighted by molar-refractivity contribution is 0.0698. The van der Waals surface area contributed by atoms with E-state index >= 15 is 0 Å². The second kappa shape index (κ2) is 5.27. The van der Waals surface area contributed by atoms with Gasteiger partial charge in [0.15, 0.2) is 0 Å². The summed E-state index contributed by atoms with van der Waals surface area (Å²) in [7, 11) is 3.96. The Morgan fingerprint density at radius 1 is 1.44 bits per heavy atom. The van der Waals surface area contributed by atoms with Gasteiger partial charge in [-0.3, -0.25) is 0 Å². The molecule has 0 fully saturated rings. The van der Waals surface area contributed by atoms with E-state index in [0.717, 1.165) is 0 Å². The zero-order chi connectivity index (χ0) is 13.9. The van der Waals surface area contributed by atoms with Crippen LogP contribution in [-0.4, -0.2) is 42.2 Å². The summed E-state index contributed by atoms with van der Waals surface area (Å²) < 4.78 is 0. The van der Waals surface area contributed by atoms with Crippen LogP contribution in [0.2, 0.25) is 0 Å². The molecule has 0 bridgehead atoms. The third kappa shape index (κ3) is 3.13. The van der Waals surface area contributed by atoms with Crippen molar-refractivity contribution < 1.29 is 9.90 Å².